The van der Waals surface area contributed by atoms with Gasteiger partial charge in [-0.15, -0.1) is 0 Å². The molecule has 2 rings (SSSR count). The number of carbonyl (C=O) groups is 1. The van der Waals surface area contributed by atoms with Gasteiger partial charge in [-0.05, 0) is 31.9 Å². The molecule has 2 unspecified atom stereocenters. The minimum Gasteiger partial charge on any atom is -0.391 e. The maximum atomic E-state index is 12.1. The van der Waals surface area contributed by atoms with E-state index in [1.165, 1.54) is 0 Å². The first-order chi connectivity index (χ1) is 8.22. The Morgan fingerprint density at radius 2 is 2.29 bits per heavy atom. The van der Waals surface area contributed by atoms with Crippen LogP contribution in [0.2, 0.25) is 0 Å². The molecule has 0 radical (unpaired) electrons. The highest BCUT2D eigenvalue weighted by Crippen LogP contribution is 2.18. The molecular weight excluding hydrogens is 216 g/mol. The van der Waals surface area contributed by atoms with Gasteiger partial charge in [-0.1, -0.05) is 12.8 Å². The van der Waals surface area contributed by atoms with Crippen LogP contribution >= 0.6 is 0 Å². The molecule has 1 amide bonds. The highest BCUT2D eigenvalue weighted by molar-refractivity contribution is 5.93. The molecule has 0 saturated heterocycles. The SMILES string of the molecule is CCn1cccc1C(=O)NC1CCCCC1O. The summed E-state index contributed by atoms with van der Waals surface area (Å²) in [6.07, 6.45) is 5.30. The van der Waals surface area contributed by atoms with Gasteiger partial charge in [-0.3, -0.25) is 4.79 Å². The number of rotatable bonds is 3. The molecule has 1 aromatic heterocycles. The van der Waals surface area contributed by atoms with Crippen LogP contribution in [0.25, 0.3) is 0 Å². The largest absolute Gasteiger partial charge is 0.391 e. The zero-order chi connectivity index (χ0) is 12.3. The lowest BCUT2D eigenvalue weighted by atomic mass is 9.92. The molecule has 0 aromatic carbocycles. The number of aliphatic hydroxyl groups is 1. The summed E-state index contributed by atoms with van der Waals surface area (Å²) in [6.45, 7) is 2.79. The van der Waals surface area contributed by atoms with Gasteiger partial charge >= 0.3 is 0 Å². The quantitative estimate of drug-likeness (QED) is 0.836. The summed E-state index contributed by atoms with van der Waals surface area (Å²) in [4.78, 5) is 12.1. The number of aromatic nitrogens is 1. The van der Waals surface area contributed by atoms with Crippen molar-refractivity contribution in [1.82, 2.24) is 9.88 Å². The van der Waals surface area contributed by atoms with E-state index in [1.807, 2.05) is 29.8 Å². The maximum absolute atomic E-state index is 12.1. The second-order valence-corrected chi connectivity index (χ2v) is 4.61. The normalized spacial score (nSPS) is 24.6. The van der Waals surface area contributed by atoms with Gasteiger partial charge in [-0.2, -0.15) is 0 Å². The summed E-state index contributed by atoms with van der Waals surface area (Å²) < 4.78 is 1.91. The number of aliphatic hydroxyl groups excluding tert-OH is 1. The van der Waals surface area contributed by atoms with E-state index in [0.29, 0.717) is 5.69 Å². The van der Waals surface area contributed by atoms with E-state index >= 15 is 0 Å². The Bertz CT molecular complexity index is 387. The van der Waals surface area contributed by atoms with Crippen LogP contribution < -0.4 is 5.32 Å². The lowest BCUT2D eigenvalue weighted by Gasteiger charge is -2.28. The molecule has 0 aliphatic heterocycles. The summed E-state index contributed by atoms with van der Waals surface area (Å²) in [7, 11) is 0. The maximum Gasteiger partial charge on any atom is 0.268 e. The molecule has 4 nitrogen and oxygen atoms in total. The van der Waals surface area contributed by atoms with Crippen molar-refractivity contribution in [3.63, 3.8) is 0 Å². The number of hydrogen-bond acceptors (Lipinski definition) is 2. The van der Waals surface area contributed by atoms with Gasteiger partial charge in [0.05, 0.1) is 12.1 Å². The van der Waals surface area contributed by atoms with Crippen LogP contribution in [-0.2, 0) is 6.54 Å². The van der Waals surface area contributed by atoms with Crippen molar-refractivity contribution < 1.29 is 9.90 Å². The molecule has 17 heavy (non-hydrogen) atoms. The predicted octanol–water partition coefficient (Wildman–Crippen LogP) is 1.54. The Balaban J connectivity index is 2.01. The highest BCUT2D eigenvalue weighted by Gasteiger charge is 2.25. The van der Waals surface area contributed by atoms with E-state index in [4.69, 9.17) is 0 Å². The molecular formula is C13H20N2O2. The van der Waals surface area contributed by atoms with Crippen molar-refractivity contribution in [3.8, 4) is 0 Å². The van der Waals surface area contributed by atoms with Gasteiger partial charge in [0, 0.05) is 12.7 Å². The Morgan fingerprint density at radius 3 is 3.00 bits per heavy atom. The average molecular weight is 236 g/mol. The van der Waals surface area contributed by atoms with Crippen LogP contribution in [0.4, 0.5) is 0 Å². The van der Waals surface area contributed by atoms with Gasteiger partial charge in [0.2, 0.25) is 0 Å². The molecule has 1 fully saturated rings. The third-order valence-electron chi connectivity index (χ3n) is 3.45. The lowest BCUT2D eigenvalue weighted by Crippen LogP contribution is -2.45. The number of nitrogens with one attached hydrogen (secondary N) is 1. The second kappa shape index (κ2) is 5.36. The van der Waals surface area contributed by atoms with Crippen LogP contribution in [0.3, 0.4) is 0 Å². The Hall–Kier alpha value is -1.29. The molecule has 2 atom stereocenters. The topological polar surface area (TPSA) is 54.3 Å². The second-order valence-electron chi connectivity index (χ2n) is 4.61. The fourth-order valence-electron chi connectivity index (χ4n) is 2.42. The van der Waals surface area contributed by atoms with E-state index < -0.39 is 6.10 Å². The average Bonchev–Trinajstić information content (AvgIpc) is 2.80. The number of carbonyl (C=O) groups excluding carboxylic acids is 1. The van der Waals surface area contributed by atoms with E-state index in [0.717, 1.165) is 32.2 Å². The van der Waals surface area contributed by atoms with E-state index in [-0.39, 0.29) is 11.9 Å². The van der Waals surface area contributed by atoms with Crippen molar-refractivity contribution in [1.29, 1.82) is 0 Å². The Labute approximate surface area is 102 Å². The fourth-order valence-corrected chi connectivity index (χ4v) is 2.42. The molecule has 0 spiro atoms. The van der Waals surface area contributed by atoms with Crippen molar-refractivity contribution >= 4 is 5.91 Å². The predicted molar refractivity (Wildman–Crippen MR) is 65.8 cm³/mol. The van der Waals surface area contributed by atoms with Crippen molar-refractivity contribution in [2.24, 2.45) is 0 Å². The molecule has 1 heterocycles. The zero-order valence-corrected chi connectivity index (χ0v) is 10.2. The summed E-state index contributed by atoms with van der Waals surface area (Å²) in [5.74, 6) is -0.0807. The van der Waals surface area contributed by atoms with Crippen molar-refractivity contribution in [3.05, 3.63) is 24.0 Å². The summed E-state index contributed by atoms with van der Waals surface area (Å²) in [6, 6.07) is 3.60. The van der Waals surface area contributed by atoms with Crippen molar-refractivity contribution in [2.45, 2.75) is 51.3 Å². The fraction of sp³-hybridized carbons (Fsp3) is 0.615. The Morgan fingerprint density at radius 1 is 1.53 bits per heavy atom. The van der Waals surface area contributed by atoms with E-state index in [1.54, 1.807) is 0 Å². The number of amides is 1. The first kappa shape index (κ1) is 12.2. The van der Waals surface area contributed by atoms with E-state index in [2.05, 4.69) is 5.32 Å². The highest BCUT2D eigenvalue weighted by atomic mass is 16.3. The first-order valence-electron chi connectivity index (χ1n) is 6.36. The van der Waals surface area contributed by atoms with Gasteiger partial charge in [-0.25, -0.2) is 0 Å². The third-order valence-corrected chi connectivity index (χ3v) is 3.45. The molecule has 1 aromatic rings. The number of hydrogen-bond donors (Lipinski definition) is 2. The van der Waals surface area contributed by atoms with Crippen LogP contribution in [0.5, 0.6) is 0 Å². The van der Waals surface area contributed by atoms with Gasteiger partial charge in [0.1, 0.15) is 5.69 Å². The minimum atomic E-state index is -0.391. The summed E-state index contributed by atoms with van der Waals surface area (Å²) >= 11 is 0. The number of nitrogens with zero attached hydrogens (tertiary/aromatic N) is 1. The van der Waals surface area contributed by atoms with Crippen molar-refractivity contribution in [2.75, 3.05) is 0 Å². The zero-order valence-electron chi connectivity index (χ0n) is 10.2. The lowest BCUT2D eigenvalue weighted by molar-refractivity contribution is 0.0711. The van der Waals surface area contributed by atoms with Crippen LogP contribution in [0, 0.1) is 0 Å². The minimum absolute atomic E-state index is 0.0807. The molecule has 0 bridgehead atoms. The smallest absolute Gasteiger partial charge is 0.268 e. The molecule has 1 saturated carbocycles. The first-order valence-corrected chi connectivity index (χ1v) is 6.36. The van der Waals surface area contributed by atoms with Gasteiger partial charge in [0.15, 0.2) is 0 Å². The van der Waals surface area contributed by atoms with E-state index in [9.17, 15) is 9.90 Å². The summed E-state index contributed by atoms with van der Waals surface area (Å²) in [5.41, 5.74) is 0.672. The van der Waals surface area contributed by atoms with Gasteiger partial charge < -0.3 is 15.0 Å². The monoisotopic (exact) mass is 236 g/mol. The van der Waals surface area contributed by atoms with Gasteiger partial charge in [0.25, 0.3) is 5.91 Å². The van der Waals surface area contributed by atoms with Crippen LogP contribution in [0.1, 0.15) is 43.1 Å². The molecule has 2 N–H and O–H groups in total. The molecule has 4 heteroatoms. The Kier molecular flexibility index (Phi) is 3.84. The van der Waals surface area contributed by atoms with Crippen LogP contribution in [-0.4, -0.2) is 27.7 Å². The molecule has 1 aliphatic carbocycles. The third kappa shape index (κ3) is 2.69. The number of aryl methyl sites for hydroxylation is 1. The summed E-state index contributed by atoms with van der Waals surface area (Å²) in [5, 5.41) is 12.8. The van der Waals surface area contributed by atoms with Crippen LogP contribution in [0.15, 0.2) is 18.3 Å². The standard InChI is InChI=1S/C13H20N2O2/c1-2-15-9-5-7-11(15)13(17)14-10-6-3-4-8-12(10)16/h5,7,9-10,12,16H,2-4,6,8H2,1H3,(H,14,17). The molecule has 94 valence electrons. The molecule has 1 aliphatic rings.